The van der Waals surface area contributed by atoms with Gasteiger partial charge in [0.25, 0.3) is 0 Å². The molecule has 2 rings (SSSR count). The zero-order valence-electron chi connectivity index (χ0n) is 9.84. The van der Waals surface area contributed by atoms with Crippen LogP contribution in [0.2, 0.25) is 0 Å². The first-order valence-corrected chi connectivity index (χ1v) is 6.31. The minimum absolute atomic E-state index is 0.304. The van der Waals surface area contributed by atoms with Crippen LogP contribution in [-0.4, -0.2) is 27.1 Å². The first-order chi connectivity index (χ1) is 8.66. The van der Waals surface area contributed by atoms with Crippen LogP contribution in [0, 0.1) is 5.82 Å². The van der Waals surface area contributed by atoms with E-state index in [1.54, 1.807) is 23.7 Å². The Labute approximate surface area is 108 Å². The average molecular weight is 268 g/mol. The number of nitrogens with two attached hydrogens (primary N) is 1. The number of nitrogens with zero attached hydrogens (tertiary/aromatic N) is 3. The number of aromatic nitrogens is 3. The van der Waals surface area contributed by atoms with Crippen molar-refractivity contribution in [1.29, 1.82) is 0 Å². The van der Waals surface area contributed by atoms with Gasteiger partial charge in [-0.1, -0.05) is 17.8 Å². The average Bonchev–Trinajstić information content (AvgIpc) is 2.66. The number of halogens is 1. The Bertz CT molecular complexity index is 532. The van der Waals surface area contributed by atoms with Gasteiger partial charge in [-0.05, 0) is 12.1 Å². The predicted octanol–water partition coefficient (Wildman–Crippen LogP) is 1.71. The number of ether oxygens (including phenoxy) is 1. The third kappa shape index (κ3) is 3.13. The van der Waals surface area contributed by atoms with Crippen molar-refractivity contribution >= 4 is 17.7 Å². The lowest BCUT2D eigenvalue weighted by Crippen LogP contribution is -2.02. The molecule has 1 aromatic carbocycles. The second-order valence-corrected chi connectivity index (χ2v) is 4.62. The van der Waals surface area contributed by atoms with Crippen molar-refractivity contribution < 1.29 is 9.13 Å². The second-order valence-electron chi connectivity index (χ2n) is 3.55. The zero-order valence-corrected chi connectivity index (χ0v) is 10.7. The van der Waals surface area contributed by atoms with Crippen LogP contribution in [0.25, 0.3) is 0 Å². The van der Waals surface area contributed by atoms with E-state index >= 15 is 0 Å². The standard InChI is InChI=1S/C11H13FN4OS/c1-16-10(13)14-15-11(16)18-6-5-17-9-4-2-3-8(12)7-9/h2-4,7H,5-6H2,1H3,(H2,13,14). The summed E-state index contributed by atoms with van der Waals surface area (Å²) >= 11 is 1.48. The molecule has 1 aromatic heterocycles. The molecule has 0 radical (unpaired) electrons. The summed E-state index contributed by atoms with van der Waals surface area (Å²) in [6.07, 6.45) is 0. The number of benzene rings is 1. The molecule has 96 valence electrons. The third-order valence-electron chi connectivity index (χ3n) is 2.25. The van der Waals surface area contributed by atoms with Crippen molar-refractivity contribution in [2.75, 3.05) is 18.1 Å². The molecule has 0 fully saturated rings. The van der Waals surface area contributed by atoms with Crippen LogP contribution in [-0.2, 0) is 7.05 Å². The highest BCUT2D eigenvalue weighted by molar-refractivity contribution is 7.99. The fourth-order valence-corrected chi connectivity index (χ4v) is 2.04. The molecule has 0 atom stereocenters. The summed E-state index contributed by atoms with van der Waals surface area (Å²) in [6, 6.07) is 6.06. The maximum atomic E-state index is 12.9. The SMILES string of the molecule is Cn1c(N)nnc1SCCOc1cccc(F)c1. The number of hydrogen-bond donors (Lipinski definition) is 1. The lowest BCUT2D eigenvalue weighted by molar-refractivity contribution is 0.342. The van der Waals surface area contributed by atoms with Crippen LogP contribution in [0.15, 0.2) is 29.4 Å². The molecular formula is C11H13FN4OS. The molecule has 0 amide bonds. The molecule has 2 aromatic rings. The number of rotatable bonds is 5. The largest absolute Gasteiger partial charge is 0.493 e. The van der Waals surface area contributed by atoms with Gasteiger partial charge in [-0.15, -0.1) is 10.2 Å². The van der Waals surface area contributed by atoms with Crippen LogP contribution >= 0.6 is 11.8 Å². The molecule has 1 heterocycles. The second kappa shape index (κ2) is 5.72. The maximum Gasteiger partial charge on any atom is 0.222 e. The minimum Gasteiger partial charge on any atom is -0.493 e. The molecule has 0 spiro atoms. The molecule has 0 aliphatic rings. The number of hydrogen-bond acceptors (Lipinski definition) is 5. The van der Waals surface area contributed by atoms with Crippen molar-refractivity contribution in [2.45, 2.75) is 5.16 Å². The van der Waals surface area contributed by atoms with Gasteiger partial charge in [0.05, 0.1) is 6.61 Å². The molecule has 18 heavy (non-hydrogen) atoms. The van der Waals surface area contributed by atoms with Crippen molar-refractivity contribution in [3.05, 3.63) is 30.1 Å². The molecule has 2 N–H and O–H groups in total. The topological polar surface area (TPSA) is 66.0 Å². The summed E-state index contributed by atoms with van der Waals surface area (Å²) in [5.74, 6) is 1.28. The summed E-state index contributed by atoms with van der Waals surface area (Å²) in [6.45, 7) is 0.459. The molecule has 0 unspecified atom stereocenters. The summed E-state index contributed by atoms with van der Waals surface area (Å²) in [5, 5.41) is 8.39. The van der Waals surface area contributed by atoms with E-state index in [2.05, 4.69) is 10.2 Å². The van der Waals surface area contributed by atoms with E-state index in [9.17, 15) is 4.39 Å². The molecule has 0 saturated heterocycles. The van der Waals surface area contributed by atoms with Crippen molar-refractivity contribution in [3.63, 3.8) is 0 Å². The first-order valence-electron chi connectivity index (χ1n) is 5.33. The van der Waals surface area contributed by atoms with E-state index in [0.29, 0.717) is 24.1 Å². The lowest BCUT2D eigenvalue weighted by atomic mass is 10.3. The van der Waals surface area contributed by atoms with Gasteiger partial charge in [0, 0.05) is 18.9 Å². The van der Waals surface area contributed by atoms with Gasteiger partial charge < -0.3 is 10.5 Å². The lowest BCUT2D eigenvalue weighted by Gasteiger charge is -2.05. The molecule has 0 aliphatic heterocycles. The van der Waals surface area contributed by atoms with Crippen LogP contribution in [0.5, 0.6) is 5.75 Å². The highest BCUT2D eigenvalue weighted by atomic mass is 32.2. The fourth-order valence-electron chi connectivity index (χ4n) is 1.30. The summed E-state index contributed by atoms with van der Waals surface area (Å²) in [4.78, 5) is 0. The van der Waals surface area contributed by atoms with Crippen LogP contribution < -0.4 is 10.5 Å². The molecule has 0 saturated carbocycles. The van der Waals surface area contributed by atoms with Gasteiger partial charge in [-0.25, -0.2) is 4.39 Å². The Morgan fingerprint density at radius 2 is 2.28 bits per heavy atom. The van der Waals surface area contributed by atoms with Crippen molar-refractivity contribution in [1.82, 2.24) is 14.8 Å². The zero-order chi connectivity index (χ0) is 13.0. The van der Waals surface area contributed by atoms with E-state index in [4.69, 9.17) is 10.5 Å². The maximum absolute atomic E-state index is 12.9. The highest BCUT2D eigenvalue weighted by Gasteiger charge is 2.05. The quantitative estimate of drug-likeness (QED) is 0.660. The van der Waals surface area contributed by atoms with Crippen LogP contribution in [0.3, 0.4) is 0 Å². The first kappa shape index (κ1) is 12.7. The van der Waals surface area contributed by atoms with E-state index in [0.717, 1.165) is 5.16 Å². The van der Waals surface area contributed by atoms with Gasteiger partial charge in [-0.2, -0.15) is 0 Å². The Balaban J connectivity index is 1.78. The Kier molecular flexibility index (Phi) is 4.03. The summed E-state index contributed by atoms with van der Waals surface area (Å²) in [7, 11) is 1.80. The normalized spacial score (nSPS) is 10.6. The van der Waals surface area contributed by atoms with Gasteiger partial charge >= 0.3 is 0 Å². The smallest absolute Gasteiger partial charge is 0.222 e. The monoisotopic (exact) mass is 268 g/mol. The molecule has 7 heteroatoms. The van der Waals surface area contributed by atoms with Gasteiger partial charge in [0.1, 0.15) is 11.6 Å². The Morgan fingerprint density at radius 3 is 2.94 bits per heavy atom. The van der Waals surface area contributed by atoms with E-state index in [-0.39, 0.29) is 5.82 Å². The van der Waals surface area contributed by atoms with Crippen LogP contribution in [0.1, 0.15) is 0 Å². The minimum atomic E-state index is -0.304. The van der Waals surface area contributed by atoms with Crippen molar-refractivity contribution in [2.24, 2.45) is 7.05 Å². The fraction of sp³-hybridized carbons (Fsp3) is 0.273. The van der Waals surface area contributed by atoms with Gasteiger partial charge in [0.15, 0.2) is 5.16 Å². The molecular weight excluding hydrogens is 255 g/mol. The van der Waals surface area contributed by atoms with E-state index < -0.39 is 0 Å². The number of thioether (sulfide) groups is 1. The van der Waals surface area contributed by atoms with Crippen LogP contribution in [0.4, 0.5) is 10.3 Å². The highest BCUT2D eigenvalue weighted by Crippen LogP contribution is 2.17. The third-order valence-corrected chi connectivity index (χ3v) is 3.23. The van der Waals surface area contributed by atoms with Gasteiger partial charge in [0.2, 0.25) is 5.95 Å². The van der Waals surface area contributed by atoms with E-state index in [1.165, 1.54) is 23.9 Å². The molecule has 0 aliphatic carbocycles. The number of nitrogen functional groups attached to an aromatic ring is 1. The summed E-state index contributed by atoms with van der Waals surface area (Å²) in [5.41, 5.74) is 5.56. The molecule has 0 bridgehead atoms. The Hall–Kier alpha value is -1.76. The number of anilines is 1. The van der Waals surface area contributed by atoms with Gasteiger partial charge in [-0.3, -0.25) is 4.57 Å². The summed E-state index contributed by atoms with van der Waals surface area (Å²) < 4.78 is 20.0. The van der Waals surface area contributed by atoms with Crippen molar-refractivity contribution in [3.8, 4) is 5.75 Å². The molecule has 5 nitrogen and oxygen atoms in total. The van der Waals surface area contributed by atoms with E-state index in [1.807, 2.05) is 0 Å². The predicted molar refractivity (Wildman–Crippen MR) is 68.0 cm³/mol. The Morgan fingerprint density at radius 1 is 1.44 bits per heavy atom.